The molecule has 2 aliphatic heterocycles. The molecule has 2 aromatic heterocycles. The van der Waals surface area contributed by atoms with Crippen molar-refractivity contribution in [3.05, 3.63) is 77.0 Å². The van der Waals surface area contributed by atoms with Crippen molar-refractivity contribution in [2.24, 2.45) is 0 Å². The molecule has 1 unspecified atom stereocenters. The minimum absolute atomic E-state index is 0.144. The number of amides is 2. The fourth-order valence-electron chi connectivity index (χ4n) is 3.68. The Morgan fingerprint density at radius 2 is 1.76 bits per heavy atom. The predicted octanol–water partition coefficient (Wildman–Crippen LogP) is 2.03. The van der Waals surface area contributed by atoms with Crippen LogP contribution in [0.4, 0.5) is 10.6 Å². The molecule has 2 amide bonds. The molecule has 3 aromatic rings. The van der Waals surface area contributed by atoms with Crippen molar-refractivity contribution in [1.82, 2.24) is 24.8 Å². The first-order valence-corrected chi connectivity index (χ1v) is 11.5. The van der Waals surface area contributed by atoms with E-state index in [9.17, 15) is 19.5 Å². The van der Waals surface area contributed by atoms with Crippen LogP contribution in [-0.2, 0) is 4.74 Å². The molecule has 0 aliphatic carbocycles. The SMILES string of the molecule is CN1CCN(C(=O)OC2c3nccnc3C(=O)N2c2ccc(Cl)cn2)CC1.O=C(O)c1ccccc1[O-]. The van der Waals surface area contributed by atoms with Gasteiger partial charge >= 0.3 is 12.1 Å². The number of aromatic nitrogens is 3. The Morgan fingerprint density at radius 1 is 1.05 bits per heavy atom. The number of carbonyl (C=O) groups excluding carboxylic acids is 2. The molecule has 0 spiro atoms. The molecule has 1 N–H and O–H groups in total. The summed E-state index contributed by atoms with van der Waals surface area (Å²) in [4.78, 5) is 53.2. The summed E-state index contributed by atoms with van der Waals surface area (Å²) in [6, 6.07) is 8.73. The molecular weight excluding hydrogens is 504 g/mol. The number of fused-ring (bicyclic) bond motifs is 1. The van der Waals surface area contributed by atoms with Gasteiger partial charge in [-0.15, -0.1) is 0 Å². The number of nitrogens with zero attached hydrogens (tertiary/aromatic N) is 6. The van der Waals surface area contributed by atoms with Crippen molar-refractivity contribution in [3.8, 4) is 5.75 Å². The number of carbonyl (C=O) groups is 3. The average molecular weight is 526 g/mol. The second-order valence-corrected chi connectivity index (χ2v) is 8.56. The Labute approximate surface area is 216 Å². The van der Waals surface area contributed by atoms with Crippen LogP contribution in [-0.4, -0.2) is 81.1 Å². The van der Waals surface area contributed by atoms with Crippen LogP contribution in [0.15, 0.2) is 55.0 Å². The fraction of sp³-hybridized carbons (Fsp3) is 0.250. The van der Waals surface area contributed by atoms with Crippen LogP contribution in [0.1, 0.15) is 32.8 Å². The van der Waals surface area contributed by atoms with E-state index >= 15 is 0 Å². The molecule has 4 heterocycles. The molecule has 12 nitrogen and oxygen atoms in total. The molecule has 0 saturated carbocycles. The van der Waals surface area contributed by atoms with E-state index < -0.39 is 29.9 Å². The number of carboxylic acids is 1. The highest BCUT2D eigenvalue weighted by molar-refractivity contribution is 6.30. The van der Waals surface area contributed by atoms with Crippen LogP contribution in [0.3, 0.4) is 0 Å². The Morgan fingerprint density at radius 3 is 2.38 bits per heavy atom. The lowest BCUT2D eigenvalue weighted by Crippen LogP contribution is -2.48. The maximum atomic E-state index is 12.8. The fourth-order valence-corrected chi connectivity index (χ4v) is 3.79. The van der Waals surface area contributed by atoms with Crippen molar-refractivity contribution >= 4 is 35.4 Å². The van der Waals surface area contributed by atoms with Crippen molar-refractivity contribution in [1.29, 1.82) is 0 Å². The lowest BCUT2D eigenvalue weighted by molar-refractivity contribution is -0.268. The summed E-state index contributed by atoms with van der Waals surface area (Å²) in [6.45, 7) is 2.64. The van der Waals surface area contributed by atoms with Crippen molar-refractivity contribution in [2.75, 3.05) is 38.1 Å². The number of para-hydroxylation sites is 1. The van der Waals surface area contributed by atoms with Crippen LogP contribution in [0, 0.1) is 0 Å². The number of carboxylic acid groups (broad SMARTS) is 1. The molecule has 1 saturated heterocycles. The van der Waals surface area contributed by atoms with Crippen LogP contribution in [0.2, 0.25) is 5.02 Å². The summed E-state index contributed by atoms with van der Waals surface area (Å²) in [7, 11) is 2.00. The zero-order valence-corrected chi connectivity index (χ0v) is 20.4. The minimum Gasteiger partial charge on any atom is -0.872 e. The number of rotatable bonds is 3. The van der Waals surface area contributed by atoms with Gasteiger partial charge in [-0.3, -0.25) is 9.78 Å². The molecule has 13 heteroatoms. The highest BCUT2D eigenvalue weighted by Gasteiger charge is 2.44. The third kappa shape index (κ3) is 5.76. The first kappa shape index (κ1) is 25.8. The van der Waals surface area contributed by atoms with E-state index in [1.807, 2.05) is 7.05 Å². The van der Waals surface area contributed by atoms with Gasteiger partial charge in [0.25, 0.3) is 5.91 Å². The largest absolute Gasteiger partial charge is 0.872 e. The van der Waals surface area contributed by atoms with Crippen LogP contribution >= 0.6 is 11.6 Å². The first-order valence-electron chi connectivity index (χ1n) is 11.2. The Balaban J connectivity index is 0.000000270. The quantitative estimate of drug-likeness (QED) is 0.537. The van der Waals surface area contributed by atoms with E-state index in [0.717, 1.165) is 13.1 Å². The van der Waals surface area contributed by atoms with E-state index in [-0.39, 0.29) is 11.3 Å². The number of likely N-dealkylation sites (N-methyl/N-ethyl adjacent to an activating group) is 1. The summed E-state index contributed by atoms with van der Waals surface area (Å²) in [6.07, 6.45) is 2.78. The third-order valence-electron chi connectivity index (χ3n) is 5.67. The van der Waals surface area contributed by atoms with E-state index in [1.165, 1.54) is 47.8 Å². The minimum atomic E-state index is -1.18. The van der Waals surface area contributed by atoms with Gasteiger partial charge in [-0.2, -0.15) is 0 Å². The second-order valence-electron chi connectivity index (χ2n) is 8.13. The molecule has 1 atom stereocenters. The number of hydrogen-bond donors (Lipinski definition) is 1. The predicted molar refractivity (Wildman–Crippen MR) is 129 cm³/mol. The first-order chi connectivity index (χ1) is 17.8. The van der Waals surface area contributed by atoms with Crippen molar-refractivity contribution in [3.63, 3.8) is 0 Å². The highest BCUT2D eigenvalue weighted by atomic mass is 35.5. The number of benzene rings is 1. The number of ether oxygens (including phenoxy) is 1. The average Bonchev–Trinajstić information content (AvgIpc) is 3.17. The standard InChI is InChI=1S/C17H17ClN6O3.C7H6O3/c1-22-6-8-23(9-7-22)17(26)27-16-14-13(19-4-5-20-14)15(25)24(16)12-3-2-11(18)10-21-12;8-6-4-2-1-3-5(6)7(9)10/h2-5,10,16H,6-9H2,1H3;1-4,8H,(H,9,10)/p-1. The van der Waals surface area contributed by atoms with Gasteiger partial charge in [-0.25, -0.2) is 24.5 Å². The molecular formula is C24H22ClN6O6-. The van der Waals surface area contributed by atoms with E-state index in [2.05, 4.69) is 19.9 Å². The number of aromatic carboxylic acids is 1. The van der Waals surface area contributed by atoms with E-state index in [4.69, 9.17) is 21.4 Å². The van der Waals surface area contributed by atoms with Gasteiger partial charge in [0.2, 0.25) is 6.23 Å². The molecule has 37 heavy (non-hydrogen) atoms. The topological polar surface area (TPSA) is 152 Å². The zero-order valence-electron chi connectivity index (χ0n) is 19.7. The molecule has 1 fully saturated rings. The lowest BCUT2D eigenvalue weighted by atomic mass is 10.2. The Bertz CT molecular complexity index is 1300. The number of piperazine rings is 1. The number of halogens is 1. The summed E-state index contributed by atoms with van der Waals surface area (Å²) in [5.74, 6) is -1.75. The molecule has 192 valence electrons. The molecule has 0 radical (unpaired) electrons. The van der Waals surface area contributed by atoms with Gasteiger partial charge in [-0.1, -0.05) is 35.5 Å². The van der Waals surface area contributed by atoms with Gasteiger partial charge in [0, 0.05) is 44.8 Å². The second kappa shape index (κ2) is 11.2. The van der Waals surface area contributed by atoms with E-state index in [0.29, 0.717) is 29.6 Å². The maximum Gasteiger partial charge on any atom is 0.412 e. The normalized spacial score (nSPS) is 17.0. The molecule has 1 aromatic carbocycles. The van der Waals surface area contributed by atoms with Crippen molar-refractivity contribution < 1.29 is 29.3 Å². The third-order valence-corrected chi connectivity index (χ3v) is 5.89. The molecule has 5 rings (SSSR count). The van der Waals surface area contributed by atoms with Crippen LogP contribution in [0.25, 0.3) is 0 Å². The summed E-state index contributed by atoms with van der Waals surface area (Å²) >= 11 is 5.89. The lowest BCUT2D eigenvalue weighted by Gasteiger charge is -2.33. The summed E-state index contributed by atoms with van der Waals surface area (Å²) in [5, 5.41) is 19.5. The van der Waals surface area contributed by atoms with Crippen LogP contribution < -0.4 is 10.0 Å². The molecule has 0 bridgehead atoms. The van der Waals surface area contributed by atoms with E-state index in [1.54, 1.807) is 17.0 Å². The zero-order chi connectivity index (χ0) is 26.5. The number of anilines is 1. The summed E-state index contributed by atoms with van der Waals surface area (Å²) < 4.78 is 5.68. The Kier molecular flexibility index (Phi) is 7.80. The number of hydrogen-bond acceptors (Lipinski definition) is 9. The van der Waals surface area contributed by atoms with Gasteiger partial charge in [-0.05, 0) is 25.2 Å². The summed E-state index contributed by atoms with van der Waals surface area (Å²) in [5.41, 5.74) is 0.259. The van der Waals surface area contributed by atoms with Gasteiger partial charge in [0.05, 0.1) is 10.6 Å². The van der Waals surface area contributed by atoms with Gasteiger partial charge in [0.15, 0.2) is 5.69 Å². The Hall–Kier alpha value is -4.29. The highest BCUT2D eigenvalue weighted by Crippen LogP contribution is 2.35. The van der Waals surface area contributed by atoms with Gasteiger partial charge in [0.1, 0.15) is 11.5 Å². The molecule has 2 aliphatic rings. The number of pyridine rings is 1. The monoisotopic (exact) mass is 525 g/mol. The van der Waals surface area contributed by atoms with Crippen molar-refractivity contribution in [2.45, 2.75) is 6.23 Å². The smallest absolute Gasteiger partial charge is 0.412 e. The van der Waals surface area contributed by atoms with Gasteiger partial charge < -0.3 is 24.7 Å². The van der Waals surface area contributed by atoms with Crippen LogP contribution in [0.5, 0.6) is 5.75 Å². The maximum absolute atomic E-state index is 12.8.